The van der Waals surface area contributed by atoms with Gasteiger partial charge in [-0.2, -0.15) is 0 Å². The molecule has 1 aromatic rings. The predicted octanol–water partition coefficient (Wildman–Crippen LogP) is -0.604. The van der Waals surface area contributed by atoms with Crippen LogP contribution >= 0.6 is 34.9 Å². The van der Waals surface area contributed by atoms with Crippen molar-refractivity contribution in [1.29, 1.82) is 0 Å². The lowest BCUT2D eigenvalue weighted by atomic mass is 9.99. The molecule has 0 saturated carbocycles. The number of fused-ring (bicyclic) bond motifs is 1. The zero-order valence-electron chi connectivity index (χ0n) is 14.1. The number of rotatable bonds is 7. The highest BCUT2D eigenvalue weighted by Crippen LogP contribution is 2.46. The highest BCUT2D eigenvalue weighted by atomic mass is 32.2. The lowest BCUT2D eigenvalue weighted by Crippen LogP contribution is -2.80. The number of hydrogen-bond acceptors (Lipinski definition) is 11. The number of carboxylic acid groups (broad SMARTS) is 1. The van der Waals surface area contributed by atoms with Crippen LogP contribution in [0.1, 0.15) is 0 Å². The second-order valence-electron chi connectivity index (χ2n) is 5.32. The fourth-order valence-electron chi connectivity index (χ4n) is 2.65. The average molecular weight is 447 g/mol. The van der Waals surface area contributed by atoms with Gasteiger partial charge < -0.3 is 25.6 Å². The van der Waals surface area contributed by atoms with Gasteiger partial charge >= 0.3 is 12.1 Å². The van der Waals surface area contributed by atoms with E-state index in [1.807, 2.05) is 0 Å². The van der Waals surface area contributed by atoms with Crippen LogP contribution in [0.5, 0.6) is 0 Å². The molecule has 28 heavy (non-hydrogen) atoms. The van der Waals surface area contributed by atoms with Gasteiger partial charge in [-0.1, -0.05) is 23.1 Å². The monoisotopic (exact) mass is 447 g/mol. The van der Waals surface area contributed by atoms with Gasteiger partial charge in [-0.05, 0) is 0 Å². The number of carboxylic acids is 1. The minimum Gasteiger partial charge on any atom is -0.476 e. The van der Waals surface area contributed by atoms with Crippen LogP contribution in [0.4, 0.5) is 4.79 Å². The zero-order valence-corrected chi connectivity index (χ0v) is 16.6. The van der Waals surface area contributed by atoms with E-state index < -0.39 is 40.7 Å². The topological polar surface area (TPSA) is 174 Å². The van der Waals surface area contributed by atoms with Gasteiger partial charge in [0, 0.05) is 7.11 Å². The van der Waals surface area contributed by atoms with Crippen molar-refractivity contribution >= 4 is 58.7 Å². The van der Waals surface area contributed by atoms with E-state index in [0.717, 1.165) is 28.4 Å². The number of methoxy groups -OCH3 is 1. The Bertz CT molecular complexity index is 861. The molecule has 3 heterocycles. The Labute approximate surface area is 169 Å². The smallest absolute Gasteiger partial charge is 0.409 e. The molecule has 0 spiro atoms. The summed E-state index contributed by atoms with van der Waals surface area (Å²) in [6.45, 7) is 0. The summed E-state index contributed by atoms with van der Waals surface area (Å²) in [5, 5.41) is 18.6. The first-order chi connectivity index (χ1) is 13.3. The number of hydrogen-bond donors (Lipinski definition) is 3. The molecule has 1 aromatic heterocycles. The van der Waals surface area contributed by atoms with Gasteiger partial charge in [-0.25, -0.2) is 9.59 Å². The second kappa shape index (κ2) is 7.94. The number of aliphatic carboxylic acids is 1. The number of carbonyl (C=O) groups excluding carboxylic acids is 3. The largest absolute Gasteiger partial charge is 0.476 e. The van der Waals surface area contributed by atoms with Crippen LogP contribution in [-0.4, -0.2) is 73.8 Å². The number of carbonyl (C=O) groups is 4. The highest BCUT2D eigenvalue weighted by Gasteiger charge is 2.67. The van der Waals surface area contributed by atoms with Crippen LogP contribution in [0.2, 0.25) is 0 Å². The molecule has 2 aliphatic heterocycles. The molecule has 0 aromatic carbocycles. The number of nitrogens with two attached hydrogens (primary N) is 1. The third-order valence-electron chi connectivity index (χ3n) is 3.74. The standard InChI is InChI=1S/C13H13N5O7S3/c1-24-13(16-6(19)3-27-12-17-15-4-28-12)9(22)18-7(8(20)21)5(25-11(14)23)2-26-10(13)18/h4,10H,2-3H2,1H3,(H2,14,23)(H,16,19)(H,20,21)/t10-,13-/m0/s1. The molecule has 150 valence electrons. The SMILES string of the molecule is CO[C@@]1(NC(=O)CSc2nncs2)C(=O)N2C(C(=O)O)=C(OC(N)=O)CS[C@H]21. The van der Waals surface area contributed by atoms with Crippen LogP contribution in [0, 0.1) is 0 Å². The Hall–Kier alpha value is -2.36. The van der Waals surface area contributed by atoms with Crippen LogP contribution in [0.3, 0.4) is 0 Å². The summed E-state index contributed by atoms with van der Waals surface area (Å²) >= 11 is 3.46. The van der Waals surface area contributed by atoms with Crippen molar-refractivity contribution in [2.45, 2.75) is 15.4 Å². The fraction of sp³-hybridized carbons (Fsp3) is 0.385. The van der Waals surface area contributed by atoms with E-state index in [0.29, 0.717) is 4.34 Å². The Kier molecular flexibility index (Phi) is 5.78. The molecule has 3 amide bonds. The van der Waals surface area contributed by atoms with E-state index in [1.165, 1.54) is 24.0 Å². The summed E-state index contributed by atoms with van der Waals surface area (Å²) in [5.74, 6) is -3.13. The predicted molar refractivity (Wildman–Crippen MR) is 96.9 cm³/mol. The van der Waals surface area contributed by atoms with Gasteiger partial charge in [0.2, 0.25) is 5.91 Å². The maximum atomic E-state index is 12.7. The van der Waals surface area contributed by atoms with Crippen LogP contribution in [0.15, 0.2) is 21.3 Å². The van der Waals surface area contributed by atoms with Crippen molar-refractivity contribution in [3.8, 4) is 0 Å². The lowest BCUT2D eigenvalue weighted by Gasteiger charge is -2.55. The van der Waals surface area contributed by atoms with E-state index in [4.69, 9.17) is 15.2 Å². The van der Waals surface area contributed by atoms with Crippen molar-refractivity contribution < 1.29 is 33.8 Å². The Morgan fingerprint density at radius 1 is 1.54 bits per heavy atom. The number of nitrogens with zero attached hydrogens (tertiary/aromatic N) is 3. The molecule has 0 bridgehead atoms. The van der Waals surface area contributed by atoms with E-state index in [9.17, 15) is 24.3 Å². The third kappa shape index (κ3) is 3.52. The third-order valence-corrected chi connectivity index (χ3v) is 6.88. The van der Waals surface area contributed by atoms with E-state index >= 15 is 0 Å². The highest BCUT2D eigenvalue weighted by molar-refractivity contribution is 8.01. The first kappa shape index (κ1) is 20.4. The number of thioether (sulfide) groups is 2. The van der Waals surface area contributed by atoms with E-state index in [1.54, 1.807) is 0 Å². The Balaban J connectivity index is 1.77. The minimum atomic E-state index is -1.73. The molecule has 15 heteroatoms. The summed E-state index contributed by atoms with van der Waals surface area (Å²) < 4.78 is 10.6. The minimum absolute atomic E-state index is 0.0391. The molecule has 4 N–H and O–H groups in total. The van der Waals surface area contributed by atoms with Gasteiger partial charge in [-0.15, -0.1) is 22.0 Å². The molecule has 0 aliphatic carbocycles. The van der Waals surface area contributed by atoms with Crippen molar-refractivity contribution in [2.75, 3.05) is 18.6 Å². The van der Waals surface area contributed by atoms with E-state index in [-0.39, 0.29) is 17.3 Å². The number of amides is 3. The molecule has 1 saturated heterocycles. The molecule has 2 atom stereocenters. The maximum Gasteiger partial charge on any atom is 0.409 e. The summed E-state index contributed by atoms with van der Waals surface area (Å²) in [4.78, 5) is 48.5. The van der Waals surface area contributed by atoms with Gasteiger partial charge in [0.15, 0.2) is 15.8 Å². The van der Waals surface area contributed by atoms with Crippen LogP contribution < -0.4 is 11.1 Å². The van der Waals surface area contributed by atoms with Crippen molar-refractivity contribution in [2.24, 2.45) is 5.73 Å². The number of nitrogens with one attached hydrogen (secondary N) is 1. The molecule has 0 radical (unpaired) electrons. The molecule has 2 aliphatic rings. The van der Waals surface area contributed by atoms with Gasteiger partial charge in [-0.3, -0.25) is 14.5 Å². The summed E-state index contributed by atoms with van der Waals surface area (Å²) in [6.07, 6.45) is -1.19. The molecule has 1 fully saturated rings. The van der Waals surface area contributed by atoms with Crippen molar-refractivity contribution in [3.05, 3.63) is 17.0 Å². The van der Waals surface area contributed by atoms with E-state index in [2.05, 4.69) is 15.5 Å². The Morgan fingerprint density at radius 3 is 2.86 bits per heavy atom. The first-order valence-corrected chi connectivity index (χ1v) is 10.4. The summed E-state index contributed by atoms with van der Waals surface area (Å²) in [5.41, 5.74) is 4.22. The maximum absolute atomic E-state index is 12.7. The quantitative estimate of drug-likeness (QED) is 0.276. The van der Waals surface area contributed by atoms with Crippen molar-refractivity contribution in [3.63, 3.8) is 0 Å². The molecular formula is C13H13N5O7S3. The van der Waals surface area contributed by atoms with Crippen molar-refractivity contribution in [1.82, 2.24) is 20.4 Å². The first-order valence-electron chi connectivity index (χ1n) is 7.44. The average Bonchev–Trinajstić information content (AvgIpc) is 3.16. The fourth-order valence-corrected chi connectivity index (χ4v) is 5.28. The zero-order chi connectivity index (χ0) is 20.5. The molecule has 12 nitrogen and oxygen atoms in total. The van der Waals surface area contributed by atoms with Gasteiger partial charge in [0.25, 0.3) is 11.6 Å². The number of ether oxygens (including phenoxy) is 2. The van der Waals surface area contributed by atoms with Crippen LogP contribution in [0.25, 0.3) is 0 Å². The Morgan fingerprint density at radius 2 is 2.29 bits per heavy atom. The van der Waals surface area contributed by atoms with Gasteiger partial charge in [0.1, 0.15) is 10.9 Å². The molecular weight excluding hydrogens is 434 g/mol. The number of β-lactam (4-membered cyclic amide) rings is 1. The summed E-state index contributed by atoms with van der Waals surface area (Å²) in [7, 11) is 1.23. The van der Waals surface area contributed by atoms with Gasteiger partial charge in [0.05, 0.1) is 11.5 Å². The molecule has 0 unspecified atom stereocenters. The van der Waals surface area contributed by atoms with Crippen LogP contribution in [-0.2, 0) is 23.9 Å². The lowest BCUT2D eigenvalue weighted by molar-refractivity contribution is -0.192. The number of primary amides is 1. The normalized spacial score (nSPS) is 23.7. The second-order valence-corrected chi connectivity index (χ2v) is 8.44. The molecule has 3 rings (SSSR count). The number of aromatic nitrogens is 2. The summed E-state index contributed by atoms with van der Waals surface area (Å²) in [6, 6.07) is 0.